The molecule has 1 fully saturated rings. The van der Waals surface area contributed by atoms with E-state index in [-0.39, 0.29) is 0 Å². The Bertz CT molecular complexity index is 354. The largest absolute Gasteiger partial charge is 0.327 e. The van der Waals surface area contributed by atoms with Gasteiger partial charge in [-0.05, 0) is 50.0 Å². The van der Waals surface area contributed by atoms with E-state index in [0.29, 0.717) is 12.0 Å². The third kappa shape index (κ3) is 2.97. The number of likely N-dealkylation sites (tertiary alicyclic amines) is 1. The highest BCUT2D eigenvalue weighted by atomic mass is 35.5. The summed E-state index contributed by atoms with van der Waals surface area (Å²) < 4.78 is 0. The summed E-state index contributed by atoms with van der Waals surface area (Å²) in [4.78, 5) is 2.36. The third-order valence-corrected chi connectivity index (χ3v) is 3.62. The summed E-state index contributed by atoms with van der Waals surface area (Å²) >= 11 is 5.99. The maximum Gasteiger partial charge on any atom is 0.0408 e. The van der Waals surface area contributed by atoms with Gasteiger partial charge in [0.2, 0.25) is 0 Å². The van der Waals surface area contributed by atoms with Crippen LogP contribution in [-0.2, 0) is 6.42 Å². The van der Waals surface area contributed by atoms with Gasteiger partial charge in [-0.15, -0.1) is 0 Å². The molecule has 16 heavy (non-hydrogen) atoms. The van der Waals surface area contributed by atoms with E-state index < -0.39 is 0 Å². The minimum atomic E-state index is 0.329. The molecule has 1 aromatic rings. The molecule has 3 heteroatoms. The highest BCUT2D eigenvalue weighted by Gasteiger charge is 2.24. The van der Waals surface area contributed by atoms with Gasteiger partial charge in [-0.1, -0.05) is 23.7 Å². The van der Waals surface area contributed by atoms with Crippen molar-refractivity contribution in [3.8, 4) is 0 Å². The topological polar surface area (TPSA) is 29.3 Å². The van der Waals surface area contributed by atoms with E-state index in [2.05, 4.69) is 18.0 Å². The Kier molecular flexibility index (Phi) is 3.85. The highest BCUT2D eigenvalue weighted by molar-refractivity contribution is 6.30. The van der Waals surface area contributed by atoms with E-state index in [1.165, 1.54) is 5.56 Å². The normalized spacial score (nSPS) is 26.9. The summed E-state index contributed by atoms with van der Waals surface area (Å²) in [5.74, 6) is 0.553. The first kappa shape index (κ1) is 11.9. The molecule has 2 rings (SSSR count). The van der Waals surface area contributed by atoms with Gasteiger partial charge in [-0.3, -0.25) is 0 Å². The summed E-state index contributed by atoms with van der Waals surface area (Å²) in [5, 5.41) is 0.815. The molecule has 1 saturated heterocycles. The molecule has 0 amide bonds. The van der Waals surface area contributed by atoms with Crippen molar-refractivity contribution < 1.29 is 0 Å². The lowest BCUT2D eigenvalue weighted by molar-refractivity contribution is 0.185. The number of piperidine rings is 1. The van der Waals surface area contributed by atoms with E-state index >= 15 is 0 Å². The zero-order valence-electron chi connectivity index (χ0n) is 9.70. The van der Waals surface area contributed by atoms with Crippen molar-refractivity contribution in [1.82, 2.24) is 4.90 Å². The molecule has 1 aromatic carbocycles. The summed E-state index contributed by atoms with van der Waals surface area (Å²) in [6.07, 6.45) is 2.13. The lowest BCUT2D eigenvalue weighted by atomic mass is 9.87. The lowest BCUT2D eigenvalue weighted by Crippen LogP contribution is -2.46. The van der Waals surface area contributed by atoms with Crippen molar-refractivity contribution in [1.29, 1.82) is 0 Å². The van der Waals surface area contributed by atoms with Crippen LogP contribution in [0.1, 0.15) is 12.0 Å². The Hall–Kier alpha value is -0.570. The smallest absolute Gasteiger partial charge is 0.0408 e. The average Bonchev–Trinajstić information content (AvgIpc) is 2.24. The van der Waals surface area contributed by atoms with Crippen molar-refractivity contribution in [3.05, 3.63) is 34.9 Å². The summed E-state index contributed by atoms with van der Waals surface area (Å²) in [6.45, 7) is 2.21. The number of rotatable bonds is 2. The van der Waals surface area contributed by atoms with Crippen LogP contribution in [0.25, 0.3) is 0 Å². The number of benzene rings is 1. The lowest BCUT2D eigenvalue weighted by Gasteiger charge is -2.34. The summed E-state index contributed by atoms with van der Waals surface area (Å²) in [5.41, 5.74) is 7.46. The molecule has 0 aromatic heterocycles. The van der Waals surface area contributed by atoms with Crippen LogP contribution >= 0.6 is 11.6 Å². The van der Waals surface area contributed by atoms with Crippen LogP contribution in [0, 0.1) is 5.92 Å². The molecule has 2 unspecified atom stereocenters. The van der Waals surface area contributed by atoms with E-state index in [1.54, 1.807) is 0 Å². The van der Waals surface area contributed by atoms with Gasteiger partial charge in [0, 0.05) is 17.6 Å². The first-order valence-electron chi connectivity index (χ1n) is 5.83. The van der Waals surface area contributed by atoms with Crippen LogP contribution in [0.2, 0.25) is 5.02 Å². The Balaban J connectivity index is 2.02. The Morgan fingerprint density at radius 1 is 1.50 bits per heavy atom. The van der Waals surface area contributed by atoms with Crippen LogP contribution in [0.15, 0.2) is 24.3 Å². The van der Waals surface area contributed by atoms with Crippen molar-refractivity contribution >= 4 is 11.6 Å². The molecular formula is C13H19ClN2. The van der Waals surface area contributed by atoms with Crippen molar-refractivity contribution in [3.63, 3.8) is 0 Å². The first-order valence-corrected chi connectivity index (χ1v) is 6.21. The van der Waals surface area contributed by atoms with Gasteiger partial charge < -0.3 is 10.6 Å². The molecule has 0 saturated carbocycles. The predicted molar refractivity (Wildman–Crippen MR) is 68.7 cm³/mol. The van der Waals surface area contributed by atoms with Gasteiger partial charge in [0.15, 0.2) is 0 Å². The van der Waals surface area contributed by atoms with Crippen LogP contribution in [0.4, 0.5) is 0 Å². The number of hydrogen-bond donors (Lipinski definition) is 1. The standard InChI is InChI=1S/C13H19ClN2/c1-16-6-5-13(15)11(9-16)7-10-3-2-4-12(14)8-10/h2-4,8,11,13H,5-7,9,15H2,1H3. The van der Waals surface area contributed by atoms with Crippen LogP contribution in [0.3, 0.4) is 0 Å². The second kappa shape index (κ2) is 5.17. The SMILES string of the molecule is CN1CCC(N)C(Cc2cccc(Cl)c2)C1. The maximum atomic E-state index is 6.17. The second-order valence-corrected chi connectivity index (χ2v) is 5.25. The number of nitrogens with zero attached hydrogens (tertiary/aromatic N) is 1. The molecular weight excluding hydrogens is 220 g/mol. The molecule has 0 bridgehead atoms. The zero-order valence-corrected chi connectivity index (χ0v) is 10.5. The fourth-order valence-electron chi connectivity index (χ4n) is 2.41. The number of halogens is 1. The van der Waals surface area contributed by atoms with Gasteiger partial charge in [0.1, 0.15) is 0 Å². The van der Waals surface area contributed by atoms with Gasteiger partial charge in [-0.2, -0.15) is 0 Å². The van der Waals surface area contributed by atoms with Gasteiger partial charge in [-0.25, -0.2) is 0 Å². The molecule has 0 spiro atoms. The van der Waals surface area contributed by atoms with Gasteiger partial charge in [0.05, 0.1) is 0 Å². The number of nitrogens with two attached hydrogens (primary N) is 1. The second-order valence-electron chi connectivity index (χ2n) is 4.81. The summed E-state index contributed by atoms with van der Waals surface area (Å²) in [6, 6.07) is 8.43. The van der Waals surface area contributed by atoms with Crippen LogP contribution in [-0.4, -0.2) is 31.1 Å². The third-order valence-electron chi connectivity index (χ3n) is 3.38. The quantitative estimate of drug-likeness (QED) is 0.856. The number of hydrogen-bond acceptors (Lipinski definition) is 2. The predicted octanol–water partition coefficient (Wildman–Crippen LogP) is 2.16. The average molecular weight is 239 g/mol. The zero-order chi connectivity index (χ0) is 11.5. The molecule has 2 N–H and O–H groups in total. The summed E-state index contributed by atoms with van der Waals surface area (Å²) in [7, 11) is 2.16. The molecule has 2 atom stereocenters. The monoisotopic (exact) mass is 238 g/mol. The van der Waals surface area contributed by atoms with E-state index in [4.69, 9.17) is 17.3 Å². The van der Waals surface area contributed by atoms with Crippen LogP contribution < -0.4 is 5.73 Å². The molecule has 88 valence electrons. The molecule has 0 aliphatic carbocycles. The Morgan fingerprint density at radius 3 is 3.06 bits per heavy atom. The molecule has 1 aliphatic heterocycles. The van der Waals surface area contributed by atoms with E-state index in [9.17, 15) is 0 Å². The van der Waals surface area contributed by atoms with E-state index in [1.807, 2.05) is 18.2 Å². The Morgan fingerprint density at radius 2 is 2.31 bits per heavy atom. The van der Waals surface area contributed by atoms with Crippen molar-refractivity contribution in [2.75, 3.05) is 20.1 Å². The van der Waals surface area contributed by atoms with Crippen molar-refractivity contribution in [2.45, 2.75) is 18.9 Å². The first-order chi connectivity index (χ1) is 7.65. The van der Waals surface area contributed by atoms with E-state index in [0.717, 1.165) is 31.0 Å². The fraction of sp³-hybridized carbons (Fsp3) is 0.538. The highest BCUT2D eigenvalue weighted by Crippen LogP contribution is 2.20. The molecule has 0 radical (unpaired) electrons. The van der Waals surface area contributed by atoms with Crippen molar-refractivity contribution in [2.24, 2.45) is 11.7 Å². The van der Waals surface area contributed by atoms with Gasteiger partial charge >= 0.3 is 0 Å². The maximum absolute atomic E-state index is 6.17. The fourth-order valence-corrected chi connectivity index (χ4v) is 2.63. The Labute approximate surface area is 102 Å². The van der Waals surface area contributed by atoms with Crippen LogP contribution in [0.5, 0.6) is 0 Å². The van der Waals surface area contributed by atoms with Gasteiger partial charge in [0.25, 0.3) is 0 Å². The molecule has 1 heterocycles. The minimum absolute atomic E-state index is 0.329. The molecule has 1 aliphatic rings. The minimum Gasteiger partial charge on any atom is -0.327 e. The molecule has 2 nitrogen and oxygen atoms in total.